The Morgan fingerprint density at radius 3 is 2.40 bits per heavy atom. The lowest BCUT2D eigenvalue weighted by atomic mass is 9.83. The molecule has 0 atom stereocenters. The maximum atomic E-state index is 2.27. The van der Waals surface area contributed by atoms with Crippen LogP contribution in [-0.2, 0) is 12.8 Å². The predicted molar refractivity (Wildman–Crippen MR) is 43.3 cm³/mol. The van der Waals surface area contributed by atoms with Gasteiger partial charge in [-0.2, -0.15) is 0 Å². The lowest BCUT2D eigenvalue weighted by Gasteiger charge is -2.22. The Balaban J connectivity index is 2.66. The normalized spacial score (nSPS) is 14.2. The number of fused-ring (bicyclic) bond motifs is 1. The van der Waals surface area contributed by atoms with Crippen LogP contribution in [0.2, 0.25) is 0 Å². The van der Waals surface area contributed by atoms with Gasteiger partial charge in [0.05, 0.1) is 0 Å². The lowest BCUT2D eigenvalue weighted by Crippen LogP contribution is -2.10. The van der Waals surface area contributed by atoms with Crippen molar-refractivity contribution in [2.45, 2.75) is 26.7 Å². The Kier molecular flexibility index (Phi) is 1.10. The maximum absolute atomic E-state index is 2.27. The molecule has 0 heteroatoms. The summed E-state index contributed by atoms with van der Waals surface area (Å²) in [5.41, 5.74) is 6.14. The molecule has 0 saturated heterocycles. The molecule has 10 heavy (non-hydrogen) atoms. The zero-order chi connectivity index (χ0) is 7.14. The fourth-order valence-corrected chi connectivity index (χ4v) is 1.60. The standard InChI is InChI=1S/C10H12/c1-7-3-4-9-5-6-10(9)8(7)2/h3-4H,5-6H2,1-2H3. The van der Waals surface area contributed by atoms with E-state index in [4.69, 9.17) is 0 Å². The minimum absolute atomic E-state index is 1.30. The second-order valence-electron chi connectivity index (χ2n) is 3.15. The summed E-state index contributed by atoms with van der Waals surface area (Å²) in [5.74, 6) is 0. The first-order valence-electron chi connectivity index (χ1n) is 3.87. The van der Waals surface area contributed by atoms with Crippen molar-refractivity contribution >= 4 is 0 Å². The van der Waals surface area contributed by atoms with E-state index >= 15 is 0 Å². The molecule has 1 aliphatic carbocycles. The van der Waals surface area contributed by atoms with Crippen molar-refractivity contribution < 1.29 is 0 Å². The number of benzene rings is 1. The summed E-state index contributed by atoms with van der Waals surface area (Å²) < 4.78 is 0. The average molecular weight is 132 g/mol. The molecule has 0 N–H and O–H groups in total. The van der Waals surface area contributed by atoms with E-state index in [9.17, 15) is 0 Å². The molecule has 0 fully saturated rings. The van der Waals surface area contributed by atoms with Crippen molar-refractivity contribution in [1.29, 1.82) is 0 Å². The zero-order valence-electron chi connectivity index (χ0n) is 6.57. The molecule has 0 spiro atoms. The summed E-state index contributed by atoms with van der Waals surface area (Å²) in [4.78, 5) is 0. The van der Waals surface area contributed by atoms with E-state index in [1.165, 1.54) is 24.0 Å². The smallest absolute Gasteiger partial charge is 0.0233 e. The minimum Gasteiger partial charge on any atom is -0.0588 e. The summed E-state index contributed by atoms with van der Waals surface area (Å²) in [5, 5.41) is 0. The van der Waals surface area contributed by atoms with Crippen molar-refractivity contribution in [2.75, 3.05) is 0 Å². The Bertz CT molecular complexity index is 257. The van der Waals surface area contributed by atoms with Gasteiger partial charge in [0.1, 0.15) is 0 Å². The van der Waals surface area contributed by atoms with Crippen LogP contribution in [0.15, 0.2) is 12.1 Å². The minimum atomic E-state index is 1.30. The van der Waals surface area contributed by atoms with Crippen LogP contribution in [0.1, 0.15) is 22.3 Å². The van der Waals surface area contributed by atoms with Crippen LogP contribution in [0, 0.1) is 13.8 Å². The topological polar surface area (TPSA) is 0 Å². The molecule has 0 unspecified atom stereocenters. The van der Waals surface area contributed by atoms with Gasteiger partial charge in [0, 0.05) is 0 Å². The molecule has 2 rings (SSSR count). The van der Waals surface area contributed by atoms with Crippen molar-refractivity contribution in [3.8, 4) is 0 Å². The molecule has 0 saturated carbocycles. The van der Waals surface area contributed by atoms with Crippen LogP contribution in [0.25, 0.3) is 0 Å². The van der Waals surface area contributed by atoms with Gasteiger partial charge >= 0.3 is 0 Å². The molecule has 0 radical (unpaired) electrons. The van der Waals surface area contributed by atoms with Gasteiger partial charge in [-0.05, 0) is 48.9 Å². The van der Waals surface area contributed by atoms with Crippen LogP contribution in [0.3, 0.4) is 0 Å². The molecule has 0 aromatic heterocycles. The predicted octanol–water partition coefficient (Wildman–Crippen LogP) is 2.40. The quantitative estimate of drug-likeness (QED) is 0.508. The van der Waals surface area contributed by atoms with Gasteiger partial charge in [-0.3, -0.25) is 0 Å². The summed E-state index contributed by atoms with van der Waals surface area (Å²) in [6.45, 7) is 4.42. The zero-order valence-corrected chi connectivity index (χ0v) is 6.57. The maximum Gasteiger partial charge on any atom is -0.0233 e. The van der Waals surface area contributed by atoms with Crippen LogP contribution < -0.4 is 0 Å². The number of hydrogen-bond acceptors (Lipinski definition) is 0. The number of rotatable bonds is 0. The highest BCUT2D eigenvalue weighted by Crippen LogP contribution is 2.27. The average Bonchev–Trinajstić information content (AvgIpc) is 1.82. The molecular weight excluding hydrogens is 120 g/mol. The SMILES string of the molecule is Cc1ccc2c(c1C)CC2. The van der Waals surface area contributed by atoms with Crippen LogP contribution in [-0.4, -0.2) is 0 Å². The highest BCUT2D eigenvalue weighted by molar-refractivity contribution is 5.45. The highest BCUT2D eigenvalue weighted by atomic mass is 14.2. The fourth-order valence-electron chi connectivity index (χ4n) is 1.60. The van der Waals surface area contributed by atoms with Gasteiger partial charge in [-0.25, -0.2) is 0 Å². The van der Waals surface area contributed by atoms with E-state index in [1.54, 1.807) is 11.1 Å². The number of aryl methyl sites for hydroxylation is 2. The molecule has 0 heterocycles. The Labute approximate surface area is 61.9 Å². The first kappa shape index (κ1) is 5.96. The summed E-state index contributed by atoms with van der Waals surface area (Å²) in [7, 11) is 0. The van der Waals surface area contributed by atoms with Gasteiger partial charge < -0.3 is 0 Å². The van der Waals surface area contributed by atoms with E-state index < -0.39 is 0 Å². The van der Waals surface area contributed by atoms with E-state index in [-0.39, 0.29) is 0 Å². The van der Waals surface area contributed by atoms with Gasteiger partial charge in [0.25, 0.3) is 0 Å². The largest absolute Gasteiger partial charge is 0.0588 e. The van der Waals surface area contributed by atoms with Gasteiger partial charge in [0.2, 0.25) is 0 Å². The van der Waals surface area contributed by atoms with Crippen molar-refractivity contribution in [1.82, 2.24) is 0 Å². The third-order valence-corrected chi connectivity index (χ3v) is 2.61. The van der Waals surface area contributed by atoms with Crippen molar-refractivity contribution in [3.63, 3.8) is 0 Å². The number of hydrogen-bond donors (Lipinski definition) is 0. The van der Waals surface area contributed by atoms with E-state index in [0.717, 1.165) is 0 Å². The van der Waals surface area contributed by atoms with Crippen LogP contribution in [0.5, 0.6) is 0 Å². The Hall–Kier alpha value is -0.780. The van der Waals surface area contributed by atoms with E-state index in [0.29, 0.717) is 0 Å². The molecule has 1 aromatic carbocycles. The summed E-state index contributed by atoms with van der Waals surface area (Å²) in [6.07, 6.45) is 2.61. The van der Waals surface area contributed by atoms with Gasteiger partial charge in [-0.15, -0.1) is 0 Å². The summed E-state index contributed by atoms with van der Waals surface area (Å²) in [6, 6.07) is 4.49. The second-order valence-corrected chi connectivity index (χ2v) is 3.15. The molecule has 1 aliphatic rings. The van der Waals surface area contributed by atoms with E-state index in [2.05, 4.69) is 26.0 Å². The molecule has 0 bridgehead atoms. The summed E-state index contributed by atoms with van der Waals surface area (Å²) >= 11 is 0. The molecule has 0 nitrogen and oxygen atoms in total. The Morgan fingerprint density at radius 2 is 1.90 bits per heavy atom. The first-order chi connectivity index (χ1) is 4.79. The lowest BCUT2D eigenvalue weighted by molar-refractivity contribution is 0.824. The van der Waals surface area contributed by atoms with E-state index in [1.807, 2.05) is 0 Å². The Morgan fingerprint density at radius 1 is 1.10 bits per heavy atom. The van der Waals surface area contributed by atoms with Crippen LogP contribution in [0.4, 0.5) is 0 Å². The molecule has 1 aromatic rings. The second kappa shape index (κ2) is 1.85. The van der Waals surface area contributed by atoms with Gasteiger partial charge in [-0.1, -0.05) is 12.1 Å². The van der Waals surface area contributed by atoms with Crippen molar-refractivity contribution in [3.05, 3.63) is 34.4 Å². The monoisotopic (exact) mass is 132 g/mol. The van der Waals surface area contributed by atoms with Gasteiger partial charge in [0.15, 0.2) is 0 Å². The van der Waals surface area contributed by atoms with Crippen molar-refractivity contribution in [2.24, 2.45) is 0 Å². The molecule has 52 valence electrons. The third-order valence-electron chi connectivity index (χ3n) is 2.61. The first-order valence-corrected chi connectivity index (χ1v) is 3.87. The third kappa shape index (κ3) is 0.620. The fraction of sp³-hybridized carbons (Fsp3) is 0.400. The highest BCUT2D eigenvalue weighted by Gasteiger charge is 2.15. The molecule has 0 amide bonds. The van der Waals surface area contributed by atoms with Crippen LogP contribution >= 0.6 is 0 Å². The molecule has 0 aliphatic heterocycles. The molecular formula is C10H12.